The Labute approximate surface area is 169 Å². The van der Waals surface area contributed by atoms with E-state index < -0.39 is 11.7 Å². The molecule has 0 atom stereocenters. The van der Waals surface area contributed by atoms with Crippen LogP contribution in [0.2, 0.25) is 5.02 Å². The van der Waals surface area contributed by atoms with Crippen LogP contribution in [0.25, 0.3) is 0 Å². The molecular formula is C19H16ClF3N2O2S. The first-order chi connectivity index (χ1) is 13.3. The maximum Gasteiger partial charge on any atom is 0.416 e. The van der Waals surface area contributed by atoms with E-state index in [1.54, 1.807) is 18.2 Å². The molecule has 0 saturated heterocycles. The third-order valence-electron chi connectivity index (χ3n) is 4.09. The van der Waals surface area contributed by atoms with Crippen LogP contribution in [0, 0.1) is 0 Å². The average Bonchev–Trinajstić information content (AvgIpc) is 3.14. The number of hydrogen-bond donors (Lipinski definition) is 0. The summed E-state index contributed by atoms with van der Waals surface area (Å²) in [5.41, 5.74) is 0.351. The van der Waals surface area contributed by atoms with Gasteiger partial charge in [0, 0.05) is 17.3 Å². The molecule has 148 valence electrons. The lowest BCUT2D eigenvalue weighted by molar-refractivity contribution is -0.137. The predicted molar refractivity (Wildman–Crippen MR) is 104 cm³/mol. The van der Waals surface area contributed by atoms with Crippen LogP contribution < -0.4 is 4.74 Å². The summed E-state index contributed by atoms with van der Waals surface area (Å²) in [7, 11) is 1.47. The molecule has 9 heteroatoms. The molecule has 1 heterocycles. The minimum Gasteiger partial charge on any atom is -0.496 e. The quantitative estimate of drug-likeness (QED) is 0.679. The minimum atomic E-state index is -4.36. The summed E-state index contributed by atoms with van der Waals surface area (Å²) in [5, 5.41) is 0.936. The smallest absolute Gasteiger partial charge is 0.416 e. The molecule has 1 amide bonds. The van der Waals surface area contributed by atoms with Crippen molar-refractivity contribution in [2.45, 2.75) is 11.9 Å². The maximum absolute atomic E-state index is 12.9. The van der Waals surface area contributed by atoms with Gasteiger partial charge < -0.3 is 4.74 Å². The van der Waals surface area contributed by atoms with Gasteiger partial charge in [0.1, 0.15) is 5.75 Å². The SMILES string of the molecule is COc1ccc(Cl)cc1C(=O)N1CCN=C1SCc1ccc(C(F)(F)F)cc1. The van der Waals surface area contributed by atoms with Crippen LogP contribution in [-0.4, -0.2) is 36.2 Å². The summed E-state index contributed by atoms with van der Waals surface area (Å²) >= 11 is 7.30. The van der Waals surface area contributed by atoms with Crippen molar-refractivity contribution in [2.24, 2.45) is 4.99 Å². The Morgan fingerprint density at radius 3 is 2.61 bits per heavy atom. The van der Waals surface area contributed by atoms with E-state index in [0.29, 0.717) is 45.9 Å². The third-order valence-corrected chi connectivity index (χ3v) is 5.41. The van der Waals surface area contributed by atoms with Gasteiger partial charge in [-0.05, 0) is 35.9 Å². The van der Waals surface area contributed by atoms with E-state index in [4.69, 9.17) is 16.3 Å². The van der Waals surface area contributed by atoms with Crippen LogP contribution in [-0.2, 0) is 11.9 Å². The molecule has 1 aliphatic heterocycles. The number of rotatable bonds is 4. The Balaban J connectivity index is 1.70. The van der Waals surface area contributed by atoms with E-state index in [2.05, 4.69) is 4.99 Å². The topological polar surface area (TPSA) is 41.9 Å². The lowest BCUT2D eigenvalue weighted by Gasteiger charge is -2.19. The van der Waals surface area contributed by atoms with Crippen LogP contribution in [0.3, 0.4) is 0 Å². The highest BCUT2D eigenvalue weighted by Crippen LogP contribution is 2.30. The number of aliphatic imine (C=N–C) groups is 1. The van der Waals surface area contributed by atoms with E-state index in [1.807, 2.05) is 0 Å². The number of amidine groups is 1. The fraction of sp³-hybridized carbons (Fsp3) is 0.263. The maximum atomic E-state index is 12.9. The first-order valence-corrected chi connectivity index (χ1v) is 9.65. The van der Waals surface area contributed by atoms with Crippen molar-refractivity contribution in [3.05, 3.63) is 64.2 Å². The van der Waals surface area contributed by atoms with Crippen molar-refractivity contribution in [2.75, 3.05) is 20.2 Å². The molecule has 28 heavy (non-hydrogen) atoms. The van der Waals surface area contributed by atoms with Crippen LogP contribution in [0.5, 0.6) is 5.75 Å². The first-order valence-electron chi connectivity index (χ1n) is 8.28. The van der Waals surface area contributed by atoms with Crippen molar-refractivity contribution in [1.82, 2.24) is 4.90 Å². The molecule has 0 saturated carbocycles. The van der Waals surface area contributed by atoms with Gasteiger partial charge in [-0.1, -0.05) is 35.5 Å². The van der Waals surface area contributed by atoms with Crippen LogP contribution >= 0.6 is 23.4 Å². The number of alkyl halides is 3. The molecule has 2 aromatic carbocycles. The summed E-state index contributed by atoms with van der Waals surface area (Å²) in [4.78, 5) is 18.8. The Kier molecular flexibility index (Phi) is 6.20. The number of amides is 1. The number of halogens is 4. The Bertz CT molecular complexity index is 901. The molecule has 0 N–H and O–H groups in total. The van der Waals surface area contributed by atoms with Gasteiger partial charge in [-0.2, -0.15) is 13.2 Å². The van der Waals surface area contributed by atoms with Crippen molar-refractivity contribution >= 4 is 34.4 Å². The molecular weight excluding hydrogens is 413 g/mol. The highest BCUT2D eigenvalue weighted by atomic mass is 35.5. The van der Waals surface area contributed by atoms with Gasteiger partial charge in [-0.15, -0.1) is 0 Å². The molecule has 4 nitrogen and oxygen atoms in total. The Morgan fingerprint density at radius 2 is 1.96 bits per heavy atom. The van der Waals surface area contributed by atoms with Crippen LogP contribution in [0.1, 0.15) is 21.5 Å². The number of ether oxygens (including phenoxy) is 1. The summed E-state index contributed by atoms with van der Waals surface area (Å²) in [6, 6.07) is 9.75. The van der Waals surface area contributed by atoms with Crippen molar-refractivity contribution < 1.29 is 22.7 Å². The molecule has 2 aromatic rings. The van der Waals surface area contributed by atoms with Crippen LogP contribution in [0.4, 0.5) is 13.2 Å². The summed E-state index contributed by atoms with van der Waals surface area (Å²) in [6.07, 6.45) is -4.36. The molecule has 0 fully saturated rings. The van der Waals surface area contributed by atoms with E-state index in [0.717, 1.165) is 12.1 Å². The zero-order chi connectivity index (χ0) is 20.3. The van der Waals surface area contributed by atoms with Crippen molar-refractivity contribution in [3.63, 3.8) is 0 Å². The fourth-order valence-electron chi connectivity index (χ4n) is 2.67. The predicted octanol–water partition coefficient (Wildman–Crippen LogP) is 5.11. The molecule has 0 spiro atoms. The van der Waals surface area contributed by atoms with Gasteiger partial charge in [-0.3, -0.25) is 14.7 Å². The largest absolute Gasteiger partial charge is 0.496 e. The summed E-state index contributed by atoms with van der Waals surface area (Å²) < 4.78 is 43.2. The third kappa shape index (κ3) is 4.62. The number of methoxy groups -OCH3 is 1. The summed E-state index contributed by atoms with van der Waals surface area (Å²) in [6.45, 7) is 0.883. The minimum absolute atomic E-state index is 0.282. The lowest BCUT2D eigenvalue weighted by atomic mass is 10.1. The monoisotopic (exact) mass is 428 g/mol. The second-order valence-electron chi connectivity index (χ2n) is 5.95. The molecule has 0 aromatic heterocycles. The molecule has 0 unspecified atom stereocenters. The average molecular weight is 429 g/mol. The molecule has 3 rings (SSSR count). The first kappa shape index (κ1) is 20.5. The van der Waals surface area contributed by atoms with E-state index >= 15 is 0 Å². The second kappa shape index (κ2) is 8.45. The van der Waals surface area contributed by atoms with Gasteiger partial charge in [0.25, 0.3) is 5.91 Å². The normalized spacial score (nSPS) is 14.2. The molecule has 0 bridgehead atoms. The fourth-order valence-corrected chi connectivity index (χ4v) is 3.84. The molecule has 0 radical (unpaired) electrons. The van der Waals surface area contributed by atoms with Gasteiger partial charge in [0.15, 0.2) is 5.17 Å². The van der Waals surface area contributed by atoms with Crippen LogP contribution in [0.15, 0.2) is 47.5 Å². The van der Waals surface area contributed by atoms with E-state index in [9.17, 15) is 18.0 Å². The number of carbonyl (C=O) groups is 1. The van der Waals surface area contributed by atoms with E-state index in [1.165, 1.54) is 35.9 Å². The van der Waals surface area contributed by atoms with Gasteiger partial charge in [0.2, 0.25) is 0 Å². The summed E-state index contributed by atoms with van der Waals surface area (Å²) in [5.74, 6) is 0.525. The number of hydrogen-bond acceptors (Lipinski definition) is 4. The van der Waals surface area contributed by atoms with Gasteiger partial charge in [0.05, 0.1) is 24.8 Å². The molecule has 0 aliphatic carbocycles. The van der Waals surface area contributed by atoms with Crippen molar-refractivity contribution in [3.8, 4) is 5.75 Å². The second-order valence-corrected chi connectivity index (χ2v) is 7.33. The van der Waals surface area contributed by atoms with Gasteiger partial charge in [-0.25, -0.2) is 0 Å². The highest BCUT2D eigenvalue weighted by molar-refractivity contribution is 8.13. The zero-order valence-electron chi connectivity index (χ0n) is 14.8. The highest BCUT2D eigenvalue weighted by Gasteiger charge is 2.30. The number of benzene rings is 2. The number of nitrogens with zero attached hydrogens (tertiary/aromatic N) is 2. The molecule has 1 aliphatic rings. The van der Waals surface area contributed by atoms with E-state index in [-0.39, 0.29) is 5.91 Å². The number of carbonyl (C=O) groups excluding carboxylic acids is 1. The zero-order valence-corrected chi connectivity index (χ0v) is 16.4. The lowest BCUT2D eigenvalue weighted by Crippen LogP contribution is -2.33. The van der Waals surface area contributed by atoms with Gasteiger partial charge >= 0.3 is 6.18 Å². The Morgan fingerprint density at radius 1 is 1.25 bits per heavy atom. The Hall–Kier alpha value is -2.19. The standard InChI is InChI=1S/C19H16ClF3N2O2S/c1-27-16-7-6-14(20)10-15(16)17(26)25-9-8-24-18(25)28-11-12-2-4-13(5-3-12)19(21,22)23/h2-7,10H,8-9,11H2,1H3. The number of thioether (sulfide) groups is 1. The van der Waals surface area contributed by atoms with Crippen molar-refractivity contribution in [1.29, 1.82) is 0 Å².